The number of halogens is 4. The summed E-state index contributed by atoms with van der Waals surface area (Å²) in [6.07, 6.45) is -3.66. The highest BCUT2D eigenvalue weighted by molar-refractivity contribution is 7.99. The van der Waals surface area contributed by atoms with E-state index in [0.29, 0.717) is 11.2 Å². The van der Waals surface area contributed by atoms with Gasteiger partial charge in [0.1, 0.15) is 5.52 Å². The molecule has 4 nitrogen and oxygen atoms in total. The Morgan fingerprint density at radius 3 is 2.82 bits per heavy atom. The molecule has 0 saturated carbocycles. The highest BCUT2D eigenvalue weighted by Crippen LogP contribution is 2.26. The van der Waals surface area contributed by atoms with Crippen molar-refractivity contribution in [1.82, 2.24) is 19.9 Å². The number of rotatable bonds is 3. The van der Waals surface area contributed by atoms with Crippen molar-refractivity contribution in [2.75, 3.05) is 5.75 Å². The van der Waals surface area contributed by atoms with Crippen LogP contribution in [0, 0.1) is 0 Å². The molecule has 0 unspecified atom stereocenters. The van der Waals surface area contributed by atoms with Crippen LogP contribution in [-0.2, 0) is 0 Å². The summed E-state index contributed by atoms with van der Waals surface area (Å²) < 4.78 is 35.8. The first-order valence-corrected chi connectivity index (χ1v) is 5.88. The summed E-state index contributed by atoms with van der Waals surface area (Å²) in [6.45, 7) is 0. The monoisotopic (exact) mass is 282 g/mol. The minimum absolute atomic E-state index is 0.130. The second-order valence-corrected chi connectivity index (χ2v) is 4.53. The maximum absolute atomic E-state index is 11.9. The highest BCUT2D eigenvalue weighted by atomic mass is 35.5. The lowest BCUT2D eigenvalue weighted by molar-refractivity contribution is -0.129. The maximum Gasteiger partial charge on any atom is 0.389 e. The molecule has 0 amide bonds. The van der Waals surface area contributed by atoms with Gasteiger partial charge in [-0.3, -0.25) is 0 Å². The molecule has 0 saturated heterocycles. The third kappa shape index (κ3) is 3.22. The smallest absolute Gasteiger partial charge is 0.329 e. The van der Waals surface area contributed by atoms with Crippen molar-refractivity contribution in [2.45, 2.75) is 17.8 Å². The van der Waals surface area contributed by atoms with Gasteiger partial charge in [0.15, 0.2) is 16.0 Å². The molecule has 1 N–H and O–H groups in total. The Kier molecular flexibility index (Phi) is 3.43. The molecule has 0 atom stereocenters. The molecule has 0 aliphatic rings. The number of hydrogen-bond donors (Lipinski definition) is 1. The minimum atomic E-state index is -4.17. The lowest BCUT2D eigenvalue weighted by Crippen LogP contribution is -2.08. The number of thioether (sulfide) groups is 1. The summed E-state index contributed by atoms with van der Waals surface area (Å²) in [5, 5.41) is 0.335. The van der Waals surface area contributed by atoms with E-state index in [0.717, 1.165) is 11.8 Å². The molecule has 2 rings (SSSR count). The molecular formula is C8H6ClF3N4S. The quantitative estimate of drug-likeness (QED) is 0.534. The van der Waals surface area contributed by atoms with Crippen LogP contribution in [0.3, 0.4) is 0 Å². The van der Waals surface area contributed by atoms with Crippen molar-refractivity contribution < 1.29 is 13.2 Å². The zero-order chi connectivity index (χ0) is 12.5. The molecule has 0 aliphatic carbocycles. The molecule has 17 heavy (non-hydrogen) atoms. The standard InChI is InChI=1S/C8H6ClF3N4S/c9-5-4-6(14-3-13-4)16-7(15-5)17-2-1-8(10,11)12/h3H,1-2H2,(H,13,14,15,16). The zero-order valence-electron chi connectivity index (χ0n) is 8.25. The van der Waals surface area contributed by atoms with E-state index in [1.165, 1.54) is 6.33 Å². The van der Waals surface area contributed by atoms with Crippen molar-refractivity contribution in [3.8, 4) is 0 Å². The van der Waals surface area contributed by atoms with Crippen LogP contribution in [0.4, 0.5) is 13.2 Å². The Hall–Kier alpha value is -1.02. The number of hydrogen-bond acceptors (Lipinski definition) is 4. The number of imidazole rings is 1. The third-order valence-corrected chi connectivity index (χ3v) is 2.95. The molecule has 0 bridgehead atoms. The van der Waals surface area contributed by atoms with E-state index in [1.807, 2.05) is 0 Å². The van der Waals surface area contributed by atoms with Gasteiger partial charge in [-0.05, 0) is 0 Å². The van der Waals surface area contributed by atoms with E-state index in [2.05, 4.69) is 19.9 Å². The van der Waals surface area contributed by atoms with Crippen molar-refractivity contribution in [3.63, 3.8) is 0 Å². The minimum Gasteiger partial charge on any atom is -0.329 e. The lowest BCUT2D eigenvalue weighted by atomic mass is 10.5. The number of aromatic nitrogens is 4. The first-order chi connectivity index (χ1) is 7.96. The molecule has 2 aromatic heterocycles. The van der Waals surface area contributed by atoms with Crippen LogP contribution in [0.1, 0.15) is 6.42 Å². The second-order valence-electron chi connectivity index (χ2n) is 3.11. The number of fused-ring (bicyclic) bond motifs is 1. The second kappa shape index (κ2) is 4.69. The first kappa shape index (κ1) is 12.4. The third-order valence-electron chi connectivity index (χ3n) is 1.83. The Bertz CT molecular complexity index is 527. The molecule has 2 aromatic rings. The van der Waals surface area contributed by atoms with Gasteiger partial charge in [-0.2, -0.15) is 13.2 Å². The van der Waals surface area contributed by atoms with Gasteiger partial charge in [-0.15, -0.1) is 0 Å². The summed E-state index contributed by atoms with van der Waals surface area (Å²) in [5.74, 6) is -0.139. The van der Waals surface area contributed by atoms with Crippen molar-refractivity contribution in [3.05, 3.63) is 11.5 Å². The molecule has 0 aliphatic heterocycles. The van der Waals surface area contributed by atoms with Gasteiger partial charge in [0.25, 0.3) is 0 Å². The zero-order valence-corrected chi connectivity index (χ0v) is 9.83. The summed E-state index contributed by atoms with van der Waals surface area (Å²) in [5.41, 5.74) is 0.825. The number of aromatic amines is 1. The van der Waals surface area contributed by atoms with Crippen LogP contribution in [0.5, 0.6) is 0 Å². The van der Waals surface area contributed by atoms with Gasteiger partial charge in [0, 0.05) is 5.75 Å². The molecule has 0 spiro atoms. The number of nitrogens with zero attached hydrogens (tertiary/aromatic N) is 3. The van der Waals surface area contributed by atoms with Gasteiger partial charge in [0.05, 0.1) is 12.7 Å². The summed E-state index contributed by atoms with van der Waals surface area (Å²) in [4.78, 5) is 14.5. The first-order valence-electron chi connectivity index (χ1n) is 4.52. The van der Waals surface area contributed by atoms with E-state index >= 15 is 0 Å². The number of H-pyrrole nitrogens is 1. The normalized spacial score (nSPS) is 12.2. The summed E-state index contributed by atoms with van der Waals surface area (Å²) in [7, 11) is 0. The van der Waals surface area contributed by atoms with Gasteiger partial charge in [0.2, 0.25) is 0 Å². The topological polar surface area (TPSA) is 54.5 Å². The lowest BCUT2D eigenvalue weighted by Gasteiger charge is -2.04. The van der Waals surface area contributed by atoms with Gasteiger partial charge < -0.3 is 4.98 Å². The van der Waals surface area contributed by atoms with Crippen molar-refractivity contribution >= 4 is 34.5 Å². The van der Waals surface area contributed by atoms with E-state index in [1.54, 1.807) is 0 Å². The molecule has 0 aromatic carbocycles. The van der Waals surface area contributed by atoms with Crippen molar-refractivity contribution in [2.24, 2.45) is 0 Å². The van der Waals surface area contributed by atoms with Crippen molar-refractivity contribution in [1.29, 1.82) is 0 Å². The van der Waals surface area contributed by atoms with E-state index in [-0.39, 0.29) is 16.1 Å². The van der Waals surface area contributed by atoms with E-state index in [4.69, 9.17) is 11.6 Å². The Labute approximate surface area is 103 Å². The highest BCUT2D eigenvalue weighted by Gasteiger charge is 2.26. The van der Waals surface area contributed by atoms with Crippen LogP contribution in [0.25, 0.3) is 11.2 Å². The largest absolute Gasteiger partial charge is 0.389 e. The molecule has 92 valence electrons. The maximum atomic E-state index is 11.9. The fourth-order valence-electron chi connectivity index (χ4n) is 1.10. The Balaban J connectivity index is 2.09. The van der Waals surface area contributed by atoms with Crippen LogP contribution in [-0.4, -0.2) is 31.9 Å². The Morgan fingerprint density at radius 1 is 1.35 bits per heavy atom. The average Bonchev–Trinajstić information content (AvgIpc) is 2.64. The average molecular weight is 283 g/mol. The molecule has 2 heterocycles. The molecule has 0 fully saturated rings. The molecular weight excluding hydrogens is 277 g/mol. The predicted molar refractivity (Wildman–Crippen MR) is 58.1 cm³/mol. The fourth-order valence-corrected chi connectivity index (χ4v) is 2.20. The van der Waals surface area contributed by atoms with E-state index < -0.39 is 12.6 Å². The van der Waals surface area contributed by atoms with E-state index in [9.17, 15) is 13.2 Å². The van der Waals surface area contributed by atoms with Crippen LogP contribution in [0.15, 0.2) is 11.5 Å². The van der Waals surface area contributed by atoms with Gasteiger partial charge >= 0.3 is 6.18 Å². The van der Waals surface area contributed by atoms with Crippen LogP contribution >= 0.6 is 23.4 Å². The summed E-state index contributed by atoms with van der Waals surface area (Å²) >= 11 is 6.71. The van der Waals surface area contributed by atoms with Crippen LogP contribution < -0.4 is 0 Å². The predicted octanol–water partition coefficient (Wildman–Crippen LogP) is 3.05. The van der Waals surface area contributed by atoms with Crippen LogP contribution in [0.2, 0.25) is 5.15 Å². The SMILES string of the molecule is FC(F)(F)CCSc1nc(Cl)c2nc[nH]c2n1. The Morgan fingerprint density at radius 2 is 2.12 bits per heavy atom. The van der Waals surface area contributed by atoms with Gasteiger partial charge in [-0.25, -0.2) is 15.0 Å². The fraction of sp³-hybridized carbons (Fsp3) is 0.375. The molecule has 0 radical (unpaired) electrons. The van der Waals surface area contributed by atoms with Gasteiger partial charge in [-0.1, -0.05) is 23.4 Å². The molecule has 9 heteroatoms. The summed E-state index contributed by atoms with van der Waals surface area (Å²) in [6, 6.07) is 0. The number of nitrogens with one attached hydrogen (secondary N) is 1. The number of alkyl halides is 3.